The summed E-state index contributed by atoms with van der Waals surface area (Å²) < 4.78 is 10.4. The molecule has 0 aliphatic heterocycles. The number of halogens is 1. The molecule has 0 N–H and O–H groups in total. The van der Waals surface area contributed by atoms with Crippen LogP contribution in [0.2, 0.25) is 0 Å². The average Bonchev–Trinajstić information content (AvgIpc) is 2.42. The van der Waals surface area contributed by atoms with Gasteiger partial charge in [0.05, 0.1) is 24.7 Å². The van der Waals surface area contributed by atoms with Gasteiger partial charge in [-0.15, -0.1) is 11.6 Å². The lowest BCUT2D eigenvalue weighted by Gasteiger charge is -2.07. The molecule has 0 radical (unpaired) electrons. The molecule has 0 aromatic heterocycles. The molecule has 0 spiro atoms. The van der Waals surface area contributed by atoms with Gasteiger partial charge in [-0.3, -0.25) is 10.1 Å². The standard InChI is InChI=1S/C13H18ClNO4/c1-18-13-7-6-11(10-12(13)15(16)17)19-9-5-3-2-4-8-14/h6-7,10H,2-5,8-9H2,1H3. The molecule has 0 bridgehead atoms. The number of unbranched alkanes of at least 4 members (excludes halogenated alkanes) is 3. The van der Waals surface area contributed by atoms with Crippen molar-refractivity contribution in [2.45, 2.75) is 25.7 Å². The van der Waals surface area contributed by atoms with Gasteiger partial charge < -0.3 is 9.47 Å². The summed E-state index contributed by atoms with van der Waals surface area (Å²) in [6.07, 6.45) is 4.05. The monoisotopic (exact) mass is 287 g/mol. The van der Waals surface area contributed by atoms with Crippen LogP contribution in [-0.2, 0) is 0 Å². The fourth-order valence-electron chi connectivity index (χ4n) is 1.64. The molecule has 5 nitrogen and oxygen atoms in total. The van der Waals surface area contributed by atoms with Crippen molar-refractivity contribution in [3.8, 4) is 11.5 Å². The number of hydrogen-bond acceptors (Lipinski definition) is 4. The van der Waals surface area contributed by atoms with Crippen molar-refractivity contribution in [3.05, 3.63) is 28.3 Å². The molecule has 0 unspecified atom stereocenters. The SMILES string of the molecule is COc1ccc(OCCCCCCCl)cc1[N+](=O)[O-]. The minimum atomic E-state index is -0.480. The molecule has 0 saturated carbocycles. The Morgan fingerprint density at radius 1 is 1.26 bits per heavy atom. The van der Waals surface area contributed by atoms with Gasteiger partial charge in [0.1, 0.15) is 5.75 Å². The molecule has 1 rings (SSSR count). The number of hydrogen-bond donors (Lipinski definition) is 0. The molecule has 1 aromatic rings. The Morgan fingerprint density at radius 2 is 2.00 bits per heavy atom. The van der Waals surface area contributed by atoms with Crippen LogP contribution in [0.3, 0.4) is 0 Å². The zero-order valence-electron chi connectivity index (χ0n) is 10.9. The van der Waals surface area contributed by atoms with E-state index in [2.05, 4.69) is 0 Å². The molecule has 0 atom stereocenters. The van der Waals surface area contributed by atoms with E-state index in [1.165, 1.54) is 13.2 Å². The van der Waals surface area contributed by atoms with Crippen LogP contribution in [0.15, 0.2) is 18.2 Å². The highest BCUT2D eigenvalue weighted by molar-refractivity contribution is 6.17. The molecular weight excluding hydrogens is 270 g/mol. The van der Waals surface area contributed by atoms with Crippen molar-refractivity contribution in [2.75, 3.05) is 19.6 Å². The van der Waals surface area contributed by atoms with E-state index in [0.717, 1.165) is 25.7 Å². The van der Waals surface area contributed by atoms with Crippen LogP contribution in [0, 0.1) is 10.1 Å². The van der Waals surface area contributed by atoms with E-state index in [1.54, 1.807) is 12.1 Å². The van der Waals surface area contributed by atoms with Gasteiger partial charge in [-0.2, -0.15) is 0 Å². The van der Waals surface area contributed by atoms with Gasteiger partial charge >= 0.3 is 5.69 Å². The van der Waals surface area contributed by atoms with Crippen molar-refractivity contribution in [3.63, 3.8) is 0 Å². The van der Waals surface area contributed by atoms with E-state index < -0.39 is 4.92 Å². The lowest BCUT2D eigenvalue weighted by atomic mass is 10.2. The third kappa shape index (κ3) is 5.34. The van der Waals surface area contributed by atoms with Crippen molar-refractivity contribution >= 4 is 17.3 Å². The summed E-state index contributed by atoms with van der Waals surface area (Å²) in [6.45, 7) is 0.547. The van der Waals surface area contributed by atoms with Gasteiger partial charge in [-0.1, -0.05) is 12.8 Å². The predicted molar refractivity (Wildman–Crippen MR) is 74.3 cm³/mol. The number of methoxy groups -OCH3 is 1. The number of benzene rings is 1. The van der Waals surface area contributed by atoms with Crippen molar-refractivity contribution in [1.82, 2.24) is 0 Å². The number of alkyl halides is 1. The summed E-state index contributed by atoms with van der Waals surface area (Å²) in [4.78, 5) is 10.4. The molecule has 0 saturated heterocycles. The highest BCUT2D eigenvalue weighted by Crippen LogP contribution is 2.30. The topological polar surface area (TPSA) is 61.6 Å². The molecule has 0 fully saturated rings. The number of nitrogens with zero attached hydrogens (tertiary/aromatic N) is 1. The molecule has 0 heterocycles. The first-order valence-electron chi connectivity index (χ1n) is 6.20. The largest absolute Gasteiger partial charge is 0.493 e. The van der Waals surface area contributed by atoms with Crippen LogP contribution in [-0.4, -0.2) is 24.5 Å². The van der Waals surface area contributed by atoms with E-state index in [9.17, 15) is 10.1 Å². The maximum atomic E-state index is 10.8. The second kappa shape index (κ2) is 8.58. The first kappa shape index (κ1) is 15.6. The molecule has 0 amide bonds. The third-order valence-electron chi connectivity index (χ3n) is 2.64. The van der Waals surface area contributed by atoms with Gasteiger partial charge in [-0.05, 0) is 25.0 Å². The summed E-state index contributed by atoms with van der Waals surface area (Å²) in [5.74, 6) is 1.41. The average molecular weight is 288 g/mol. The van der Waals surface area contributed by atoms with Crippen LogP contribution in [0.4, 0.5) is 5.69 Å². The lowest BCUT2D eigenvalue weighted by Crippen LogP contribution is -1.99. The Morgan fingerprint density at radius 3 is 2.63 bits per heavy atom. The second-order valence-electron chi connectivity index (χ2n) is 4.04. The van der Waals surface area contributed by atoms with Crippen molar-refractivity contribution < 1.29 is 14.4 Å². The van der Waals surface area contributed by atoms with E-state index in [0.29, 0.717) is 18.2 Å². The Bertz CT molecular complexity index is 412. The Balaban J connectivity index is 2.46. The van der Waals surface area contributed by atoms with Crippen molar-refractivity contribution in [2.24, 2.45) is 0 Å². The van der Waals surface area contributed by atoms with E-state index in [1.807, 2.05) is 0 Å². The number of nitro benzene ring substituents is 1. The second-order valence-corrected chi connectivity index (χ2v) is 4.42. The number of nitro groups is 1. The van der Waals surface area contributed by atoms with Gasteiger partial charge in [0.25, 0.3) is 0 Å². The molecule has 1 aromatic carbocycles. The van der Waals surface area contributed by atoms with Crippen LogP contribution < -0.4 is 9.47 Å². The zero-order chi connectivity index (χ0) is 14.1. The molecule has 6 heteroatoms. The summed E-state index contributed by atoms with van der Waals surface area (Å²) >= 11 is 5.58. The van der Waals surface area contributed by atoms with Gasteiger partial charge in [0.2, 0.25) is 0 Å². The summed E-state index contributed by atoms with van der Waals surface area (Å²) in [5, 5.41) is 10.8. The highest BCUT2D eigenvalue weighted by Gasteiger charge is 2.15. The van der Waals surface area contributed by atoms with Crippen LogP contribution in [0.1, 0.15) is 25.7 Å². The van der Waals surface area contributed by atoms with E-state index in [-0.39, 0.29) is 11.4 Å². The first-order valence-corrected chi connectivity index (χ1v) is 6.73. The Labute approximate surface area is 117 Å². The van der Waals surface area contributed by atoms with Gasteiger partial charge in [0, 0.05) is 5.88 Å². The van der Waals surface area contributed by atoms with E-state index >= 15 is 0 Å². The Kier molecular flexibility index (Phi) is 7.03. The predicted octanol–water partition coefficient (Wildman–Crippen LogP) is 3.78. The first-order chi connectivity index (χ1) is 9.19. The molecule has 0 aliphatic carbocycles. The minimum absolute atomic E-state index is 0.0814. The molecular formula is C13H18ClNO4. The fraction of sp³-hybridized carbons (Fsp3) is 0.538. The zero-order valence-corrected chi connectivity index (χ0v) is 11.7. The quantitative estimate of drug-likeness (QED) is 0.300. The molecule has 19 heavy (non-hydrogen) atoms. The summed E-state index contributed by atoms with van der Waals surface area (Å²) in [5.41, 5.74) is -0.0814. The third-order valence-corrected chi connectivity index (χ3v) is 2.91. The van der Waals surface area contributed by atoms with Gasteiger partial charge in [0.15, 0.2) is 5.75 Å². The summed E-state index contributed by atoms with van der Waals surface area (Å²) in [7, 11) is 1.40. The van der Waals surface area contributed by atoms with E-state index in [4.69, 9.17) is 21.1 Å². The minimum Gasteiger partial charge on any atom is -0.493 e. The van der Waals surface area contributed by atoms with Crippen LogP contribution >= 0.6 is 11.6 Å². The van der Waals surface area contributed by atoms with Crippen molar-refractivity contribution in [1.29, 1.82) is 0 Å². The number of rotatable bonds is 9. The maximum Gasteiger partial charge on any atom is 0.314 e. The van der Waals surface area contributed by atoms with Gasteiger partial charge in [-0.25, -0.2) is 0 Å². The normalized spacial score (nSPS) is 10.2. The number of ether oxygens (including phenoxy) is 2. The van der Waals surface area contributed by atoms with Crippen LogP contribution in [0.25, 0.3) is 0 Å². The lowest BCUT2D eigenvalue weighted by molar-refractivity contribution is -0.385. The highest BCUT2D eigenvalue weighted by atomic mass is 35.5. The summed E-state index contributed by atoms with van der Waals surface area (Å²) in [6, 6.07) is 4.60. The maximum absolute atomic E-state index is 10.8. The molecule has 106 valence electrons. The Hall–Kier alpha value is -1.49. The fourth-order valence-corrected chi connectivity index (χ4v) is 1.83. The van der Waals surface area contributed by atoms with Crippen LogP contribution in [0.5, 0.6) is 11.5 Å². The smallest absolute Gasteiger partial charge is 0.314 e. The molecule has 0 aliphatic rings.